The molecular formula is C21H25N3O2S2. The van der Waals surface area contributed by atoms with Crippen LogP contribution < -0.4 is 5.32 Å². The highest BCUT2D eigenvalue weighted by molar-refractivity contribution is 7.10. The van der Waals surface area contributed by atoms with Crippen LogP contribution in [0.3, 0.4) is 0 Å². The Labute approximate surface area is 173 Å². The summed E-state index contributed by atoms with van der Waals surface area (Å²) in [6.07, 6.45) is 6.86. The molecule has 28 heavy (non-hydrogen) atoms. The maximum absolute atomic E-state index is 13.3. The number of thiophene rings is 2. The third-order valence-electron chi connectivity index (χ3n) is 6.40. The van der Waals surface area contributed by atoms with Crippen LogP contribution in [-0.2, 0) is 11.2 Å². The summed E-state index contributed by atoms with van der Waals surface area (Å²) in [7, 11) is 0. The van der Waals surface area contributed by atoms with Gasteiger partial charge >= 0.3 is 6.03 Å². The smallest absolute Gasteiger partial charge is 0.323 e. The molecule has 2 aliphatic heterocycles. The number of carbonyl (C=O) groups excluding carboxylic acids is 2. The van der Waals surface area contributed by atoms with Crippen molar-refractivity contribution in [2.24, 2.45) is 0 Å². The monoisotopic (exact) mass is 415 g/mol. The Kier molecular flexibility index (Phi) is 4.77. The van der Waals surface area contributed by atoms with E-state index in [-0.39, 0.29) is 18.0 Å². The number of nitrogens with one attached hydrogen (secondary N) is 1. The van der Waals surface area contributed by atoms with E-state index in [2.05, 4.69) is 39.2 Å². The number of urea groups is 1. The zero-order valence-corrected chi connectivity index (χ0v) is 17.5. The van der Waals surface area contributed by atoms with E-state index >= 15 is 0 Å². The highest BCUT2D eigenvalue weighted by Gasteiger charge is 2.51. The van der Waals surface area contributed by atoms with Crippen molar-refractivity contribution in [2.45, 2.75) is 56.5 Å². The predicted octanol–water partition coefficient (Wildman–Crippen LogP) is 4.36. The lowest BCUT2D eigenvalue weighted by molar-refractivity contribution is -0.133. The Morgan fingerprint density at radius 3 is 2.64 bits per heavy atom. The fourth-order valence-corrected chi connectivity index (χ4v) is 6.74. The molecule has 1 N–H and O–H groups in total. The van der Waals surface area contributed by atoms with Gasteiger partial charge in [0.2, 0.25) is 0 Å². The standard InChI is InChI=1S/C21H25N3O2S2/c25-19-21(9-3-1-2-4-10-21)22-20(26)24(19)14-23-11-7-16-15(8-13-28-16)18(23)17-6-5-12-27-17/h5-6,8,12-13,18H,1-4,7,9-11,14H2,(H,22,26)/t18-/m0/s1. The minimum atomic E-state index is -0.657. The topological polar surface area (TPSA) is 52.7 Å². The van der Waals surface area contributed by atoms with E-state index in [1.807, 2.05) is 11.3 Å². The lowest BCUT2D eigenvalue weighted by Gasteiger charge is -2.37. The number of hydrogen-bond acceptors (Lipinski definition) is 5. The van der Waals surface area contributed by atoms with Crippen molar-refractivity contribution in [3.63, 3.8) is 0 Å². The summed E-state index contributed by atoms with van der Waals surface area (Å²) in [5.74, 6) is -0.0135. The molecule has 0 unspecified atom stereocenters. The minimum Gasteiger partial charge on any atom is -0.323 e. The van der Waals surface area contributed by atoms with Crippen LogP contribution >= 0.6 is 22.7 Å². The Balaban J connectivity index is 1.42. The van der Waals surface area contributed by atoms with Crippen LogP contribution in [0.15, 0.2) is 29.0 Å². The van der Waals surface area contributed by atoms with Crippen LogP contribution in [-0.4, -0.2) is 40.5 Å². The number of hydrogen-bond donors (Lipinski definition) is 1. The molecule has 7 heteroatoms. The second-order valence-corrected chi connectivity index (χ2v) is 10.1. The lowest BCUT2D eigenvalue weighted by atomic mass is 9.90. The zero-order valence-electron chi connectivity index (χ0n) is 15.9. The Bertz CT molecular complexity index is 868. The van der Waals surface area contributed by atoms with E-state index in [4.69, 9.17) is 0 Å². The van der Waals surface area contributed by atoms with E-state index in [9.17, 15) is 9.59 Å². The van der Waals surface area contributed by atoms with Crippen LogP contribution in [0.2, 0.25) is 0 Å². The van der Waals surface area contributed by atoms with Gasteiger partial charge in [-0.25, -0.2) is 9.69 Å². The fourth-order valence-electron chi connectivity index (χ4n) is 4.96. The molecule has 148 valence electrons. The van der Waals surface area contributed by atoms with Crippen molar-refractivity contribution in [3.05, 3.63) is 44.3 Å². The van der Waals surface area contributed by atoms with Gasteiger partial charge in [-0.15, -0.1) is 22.7 Å². The number of carbonyl (C=O) groups is 2. The van der Waals surface area contributed by atoms with Gasteiger partial charge < -0.3 is 5.32 Å². The number of rotatable bonds is 3. The van der Waals surface area contributed by atoms with E-state index in [1.165, 1.54) is 20.2 Å². The first-order chi connectivity index (χ1) is 13.7. The molecular weight excluding hydrogens is 390 g/mol. The van der Waals surface area contributed by atoms with Gasteiger partial charge in [0.05, 0.1) is 12.7 Å². The molecule has 5 nitrogen and oxygen atoms in total. The molecule has 1 aliphatic carbocycles. The molecule has 0 radical (unpaired) electrons. The Morgan fingerprint density at radius 1 is 1.07 bits per heavy atom. The molecule has 1 spiro atoms. The van der Waals surface area contributed by atoms with Gasteiger partial charge in [0.15, 0.2) is 0 Å². The quantitative estimate of drug-likeness (QED) is 0.758. The molecule has 0 aromatic carbocycles. The maximum Gasteiger partial charge on any atom is 0.326 e. The number of nitrogens with zero attached hydrogens (tertiary/aromatic N) is 2. The van der Waals surface area contributed by atoms with E-state index in [0.717, 1.165) is 51.5 Å². The molecule has 1 saturated carbocycles. The second kappa shape index (κ2) is 7.28. The highest BCUT2D eigenvalue weighted by atomic mass is 32.1. The average Bonchev–Trinajstić information content (AvgIpc) is 3.38. The maximum atomic E-state index is 13.3. The summed E-state index contributed by atoms with van der Waals surface area (Å²) in [6, 6.07) is 6.35. The van der Waals surface area contributed by atoms with E-state index in [1.54, 1.807) is 11.3 Å². The first-order valence-corrected chi connectivity index (χ1v) is 11.9. The largest absolute Gasteiger partial charge is 0.326 e. The number of amides is 3. The summed E-state index contributed by atoms with van der Waals surface area (Å²) < 4.78 is 0. The molecule has 3 aliphatic rings. The van der Waals surface area contributed by atoms with Gasteiger partial charge in [-0.05, 0) is 47.7 Å². The van der Waals surface area contributed by atoms with Crippen molar-refractivity contribution in [1.29, 1.82) is 0 Å². The second-order valence-electron chi connectivity index (χ2n) is 8.08. The summed E-state index contributed by atoms with van der Waals surface area (Å²) >= 11 is 3.55. The van der Waals surface area contributed by atoms with Crippen molar-refractivity contribution in [1.82, 2.24) is 15.1 Å². The van der Waals surface area contributed by atoms with E-state index < -0.39 is 5.54 Å². The van der Waals surface area contributed by atoms with Crippen molar-refractivity contribution >= 4 is 34.6 Å². The number of imide groups is 1. The van der Waals surface area contributed by atoms with Gasteiger partial charge in [0.25, 0.3) is 5.91 Å². The SMILES string of the molecule is O=C1NC2(CCCCCC2)C(=O)N1CN1CCc2sccc2[C@H]1c1cccs1. The first kappa shape index (κ1) is 18.3. The minimum absolute atomic E-state index is 0.0135. The van der Waals surface area contributed by atoms with Crippen LogP contribution in [0.25, 0.3) is 0 Å². The third-order valence-corrected chi connectivity index (χ3v) is 8.33. The van der Waals surface area contributed by atoms with Crippen molar-refractivity contribution in [2.75, 3.05) is 13.2 Å². The van der Waals surface area contributed by atoms with Crippen LogP contribution in [0.1, 0.15) is 59.9 Å². The fraction of sp³-hybridized carbons (Fsp3) is 0.524. The highest BCUT2D eigenvalue weighted by Crippen LogP contribution is 2.40. The number of fused-ring (bicyclic) bond motifs is 1. The molecule has 2 fully saturated rings. The summed E-state index contributed by atoms with van der Waals surface area (Å²) in [6.45, 7) is 1.23. The molecule has 4 heterocycles. The molecule has 3 amide bonds. The summed E-state index contributed by atoms with van der Waals surface area (Å²) in [5, 5.41) is 7.33. The van der Waals surface area contributed by atoms with Crippen LogP contribution in [0, 0.1) is 0 Å². The van der Waals surface area contributed by atoms with Crippen molar-refractivity contribution in [3.8, 4) is 0 Å². The first-order valence-electron chi connectivity index (χ1n) is 10.2. The van der Waals surface area contributed by atoms with E-state index in [0.29, 0.717) is 6.67 Å². The molecule has 1 atom stereocenters. The lowest BCUT2D eigenvalue weighted by Crippen LogP contribution is -2.48. The van der Waals surface area contributed by atoms with Crippen LogP contribution in [0.4, 0.5) is 4.79 Å². The van der Waals surface area contributed by atoms with Gasteiger partial charge in [0.1, 0.15) is 5.54 Å². The van der Waals surface area contributed by atoms with Gasteiger partial charge in [-0.1, -0.05) is 31.7 Å². The molecule has 0 bridgehead atoms. The normalized spacial score (nSPS) is 25.0. The molecule has 2 aromatic rings. The van der Waals surface area contributed by atoms with Gasteiger partial charge in [0, 0.05) is 16.3 Å². The van der Waals surface area contributed by atoms with Gasteiger partial charge in [-0.2, -0.15) is 0 Å². The Hall–Kier alpha value is -1.70. The van der Waals surface area contributed by atoms with Crippen molar-refractivity contribution < 1.29 is 9.59 Å². The van der Waals surface area contributed by atoms with Gasteiger partial charge in [-0.3, -0.25) is 9.69 Å². The Morgan fingerprint density at radius 2 is 1.89 bits per heavy atom. The molecule has 1 saturated heterocycles. The molecule has 5 rings (SSSR count). The molecule has 2 aromatic heterocycles. The third kappa shape index (κ3) is 3.00. The summed E-state index contributed by atoms with van der Waals surface area (Å²) in [5.41, 5.74) is 0.671. The summed E-state index contributed by atoms with van der Waals surface area (Å²) in [4.78, 5) is 32.6. The van der Waals surface area contributed by atoms with Crippen LogP contribution in [0.5, 0.6) is 0 Å². The predicted molar refractivity (Wildman–Crippen MR) is 112 cm³/mol. The zero-order chi connectivity index (χ0) is 19.1. The average molecular weight is 416 g/mol.